The first-order chi connectivity index (χ1) is 8.82. The van der Waals surface area contributed by atoms with Crippen LogP contribution in [0.2, 0.25) is 0 Å². The van der Waals surface area contributed by atoms with E-state index >= 15 is 0 Å². The zero-order valence-electron chi connectivity index (χ0n) is 12.1. The number of aryl methyl sites for hydroxylation is 1. The van der Waals surface area contributed by atoms with Crippen LogP contribution in [0, 0.1) is 5.41 Å². The maximum atomic E-state index is 10.9. The predicted molar refractivity (Wildman–Crippen MR) is 75.1 cm³/mol. The monoisotopic (exact) mass is 265 g/mol. The van der Waals surface area contributed by atoms with E-state index in [-0.39, 0.29) is 17.9 Å². The van der Waals surface area contributed by atoms with Crippen LogP contribution in [0.4, 0.5) is 5.82 Å². The maximum absolute atomic E-state index is 10.9. The van der Waals surface area contributed by atoms with Crippen molar-refractivity contribution in [3.8, 4) is 0 Å². The summed E-state index contributed by atoms with van der Waals surface area (Å²) in [4.78, 5) is 19.3. The van der Waals surface area contributed by atoms with Crippen molar-refractivity contribution in [1.29, 1.82) is 0 Å². The van der Waals surface area contributed by atoms with Crippen molar-refractivity contribution in [3.63, 3.8) is 0 Å². The Morgan fingerprint density at radius 3 is 2.63 bits per heavy atom. The van der Waals surface area contributed by atoms with Crippen molar-refractivity contribution in [3.05, 3.63) is 18.1 Å². The second-order valence-corrected chi connectivity index (χ2v) is 5.81. The quantitative estimate of drug-likeness (QED) is 0.827. The van der Waals surface area contributed by atoms with Crippen LogP contribution in [-0.4, -0.2) is 27.1 Å². The average molecular weight is 265 g/mol. The normalized spacial score (nSPS) is 13.1. The van der Waals surface area contributed by atoms with Crippen LogP contribution in [-0.2, 0) is 11.2 Å². The van der Waals surface area contributed by atoms with E-state index < -0.39 is 5.97 Å². The number of carbonyl (C=O) groups is 1. The largest absolute Gasteiger partial charge is 0.481 e. The fourth-order valence-electron chi connectivity index (χ4n) is 1.80. The molecule has 0 aliphatic rings. The molecule has 2 N–H and O–H groups in total. The second-order valence-electron chi connectivity index (χ2n) is 5.81. The summed E-state index contributed by atoms with van der Waals surface area (Å²) in [6, 6.07) is 1.72. The number of carboxylic acids is 1. The van der Waals surface area contributed by atoms with Crippen molar-refractivity contribution in [2.45, 2.75) is 53.0 Å². The molecule has 0 aliphatic heterocycles. The van der Waals surface area contributed by atoms with Crippen LogP contribution in [0.15, 0.2) is 12.4 Å². The summed E-state index contributed by atoms with van der Waals surface area (Å²) in [6.07, 6.45) is 3.51. The van der Waals surface area contributed by atoms with Gasteiger partial charge in [0.15, 0.2) is 0 Å². The molecule has 1 rings (SSSR count). The predicted octanol–water partition coefficient (Wildman–Crippen LogP) is 2.73. The number of anilines is 1. The third-order valence-corrected chi connectivity index (χ3v) is 2.98. The Balaban J connectivity index is 2.83. The maximum Gasteiger partial charge on any atom is 0.305 e. The van der Waals surface area contributed by atoms with Gasteiger partial charge < -0.3 is 10.4 Å². The molecule has 1 aromatic rings. The number of aliphatic carboxylic acids is 1. The highest BCUT2D eigenvalue weighted by atomic mass is 16.4. The van der Waals surface area contributed by atoms with Crippen molar-refractivity contribution >= 4 is 11.8 Å². The fourth-order valence-corrected chi connectivity index (χ4v) is 1.80. The van der Waals surface area contributed by atoms with Gasteiger partial charge in [0.2, 0.25) is 0 Å². The van der Waals surface area contributed by atoms with Gasteiger partial charge in [-0.15, -0.1) is 0 Å². The topological polar surface area (TPSA) is 75.1 Å². The van der Waals surface area contributed by atoms with E-state index in [4.69, 9.17) is 5.11 Å². The van der Waals surface area contributed by atoms with Gasteiger partial charge in [0, 0.05) is 17.8 Å². The van der Waals surface area contributed by atoms with Crippen LogP contribution in [0.1, 0.15) is 46.2 Å². The third kappa shape index (κ3) is 5.24. The summed E-state index contributed by atoms with van der Waals surface area (Å²) in [5.41, 5.74) is 0.817. The van der Waals surface area contributed by atoms with Crippen LogP contribution in [0.5, 0.6) is 0 Å². The third-order valence-electron chi connectivity index (χ3n) is 2.98. The lowest BCUT2D eigenvalue weighted by Gasteiger charge is -2.30. The van der Waals surface area contributed by atoms with Crippen molar-refractivity contribution in [2.75, 3.05) is 5.32 Å². The highest BCUT2D eigenvalue weighted by Gasteiger charge is 2.27. The molecule has 106 valence electrons. The smallest absolute Gasteiger partial charge is 0.305 e. The summed E-state index contributed by atoms with van der Waals surface area (Å²) in [5, 5.41) is 12.2. The van der Waals surface area contributed by atoms with E-state index in [9.17, 15) is 4.79 Å². The minimum atomic E-state index is -0.810. The average Bonchev–Trinajstić information content (AvgIpc) is 2.27. The lowest BCUT2D eigenvalue weighted by molar-refractivity contribution is -0.137. The highest BCUT2D eigenvalue weighted by Crippen LogP contribution is 2.25. The molecule has 0 saturated heterocycles. The molecule has 5 nitrogen and oxygen atoms in total. The highest BCUT2D eigenvalue weighted by molar-refractivity contribution is 5.68. The van der Waals surface area contributed by atoms with Crippen molar-refractivity contribution in [2.24, 2.45) is 5.41 Å². The molecule has 19 heavy (non-hydrogen) atoms. The summed E-state index contributed by atoms with van der Waals surface area (Å²) >= 11 is 0. The summed E-state index contributed by atoms with van der Waals surface area (Å²) < 4.78 is 0. The lowest BCUT2D eigenvalue weighted by atomic mass is 9.85. The van der Waals surface area contributed by atoms with Crippen molar-refractivity contribution < 1.29 is 9.90 Å². The molecule has 1 unspecified atom stereocenters. The Morgan fingerprint density at radius 1 is 1.42 bits per heavy atom. The van der Waals surface area contributed by atoms with E-state index in [0.29, 0.717) is 5.82 Å². The molecule has 0 radical (unpaired) electrons. The van der Waals surface area contributed by atoms with Gasteiger partial charge in [0.1, 0.15) is 12.1 Å². The first-order valence-electron chi connectivity index (χ1n) is 6.62. The van der Waals surface area contributed by atoms with Crippen LogP contribution in [0.3, 0.4) is 0 Å². The first-order valence-corrected chi connectivity index (χ1v) is 6.62. The Hall–Kier alpha value is -1.65. The zero-order valence-corrected chi connectivity index (χ0v) is 12.1. The van der Waals surface area contributed by atoms with Crippen LogP contribution in [0.25, 0.3) is 0 Å². The van der Waals surface area contributed by atoms with E-state index in [2.05, 4.69) is 22.2 Å². The Kier molecular flexibility index (Phi) is 5.27. The van der Waals surface area contributed by atoms with E-state index in [0.717, 1.165) is 18.5 Å². The van der Waals surface area contributed by atoms with E-state index in [1.165, 1.54) is 6.33 Å². The molecular formula is C14H23N3O2. The number of hydrogen-bond acceptors (Lipinski definition) is 4. The molecule has 0 spiro atoms. The number of carboxylic acid groups (broad SMARTS) is 1. The van der Waals surface area contributed by atoms with Gasteiger partial charge in [-0.1, -0.05) is 34.1 Å². The Labute approximate surface area is 114 Å². The summed E-state index contributed by atoms with van der Waals surface area (Å²) in [7, 11) is 0. The summed E-state index contributed by atoms with van der Waals surface area (Å²) in [5.74, 6) is -0.116. The van der Waals surface area contributed by atoms with Gasteiger partial charge in [-0.3, -0.25) is 4.79 Å². The molecule has 0 aliphatic carbocycles. The molecule has 0 saturated carbocycles. The van der Waals surface area contributed by atoms with Gasteiger partial charge in [0.05, 0.1) is 6.42 Å². The SMILES string of the molecule is CCCc1cc(NC(CC(=O)O)C(C)(C)C)ncn1. The van der Waals surface area contributed by atoms with Crippen molar-refractivity contribution in [1.82, 2.24) is 9.97 Å². The van der Waals surface area contributed by atoms with Gasteiger partial charge in [-0.25, -0.2) is 9.97 Å². The van der Waals surface area contributed by atoms with Gasteiger partial charge in [-0.2, -0.15) is 0 Å². The van der Waals surface area contributed by atoms with Gasteiger partial charge >= 0.3 is 5.97 Å². The molecule has 1 aromatic heterocycles. The molecule has 5 heteroatoms. The van der Waals surface area contributed by atoms with E-state index in [1.54, 1.807) is 0 Å². The Morgan fingerprint density at radius 2 is 2.11 bits per heavy atom. The fraction of sp³-hybridized carbons (Fsp3) is 0.643. The molecule has 1 heterocycles. The second kappa shape index (κ2) is 6.50. The number of nitrogens with zero attached hydrogens (tertiary/aromatic N) is 2. The number of rotatable bonds is 6. The number of hydrogen-bond donors (Lipinski definition) is 2. The van der Waals surface area contributed by atoms with Crippen LogP contribution >= 0.6 is 0 Å². The number of nitrogens with one attached hydrogen (secondary N) is 1. The standard InChI is InChI=1S/C14H23N3O2/c1-5-6-10-7-12(16-9-15-10)17-11(8-13(18)19)14(2,3)4/h7,9,11H,5-6,8H2,1-4H3,(H,18,19)(H,15,16,17). The molecule has 0 fully saturated rings. The molecular weight excluding hydrogens is 242 g/mol. The van der Waals surface area contributed by atoms with E-state index in [1.807, 2.05) is 26.8 Å². The molecule has 0 bridgehead atoms. The van der Waals surface area contributed by atoms with Gasteiger partial charge in [-0.05, 0) is 11.8 Å². The first kappa shape index (κ1) is 15.4. The Bertz CT molecular complexity index is 427. The minimum Gasteiger partial charge on any atom is -0.481 e. The lowest BCUT2D eigenvalue weighted by Crippen LogP contribution is -2.36. The van der Waals surface area contributed by atoms with Gasteiger partial charge in [0.25, 0.3) is 0 Å². The molecule has 1 atom stereocenters. The number of aromatic nitrogens is 2. The van der Waals surface area contributed by atoms with Crippen LogP contribution < -0.4 is 5.32 Å². The minimum absolute atomic E-state index is 0.0661. The zero-order chi connectivity index (χ0) is 14.5. The summed E-state index contributed by atoms with van der Waals surface area (Å²) in [6.45, 7) is 8.14. The molecule has 0 aromatic carbocycles. The molecule has 0 amide bonds.